The van der Waals surface area contributed by atoms with Gasteiger partial charge in [0.1, 0.15) is 12.4 Å². The first-order valence-corrected chi connectivity index (χ1v) is 5.88. The van der Waals surface area contributed by atoms with E-state index in [0.717, 1.165) is 8.95 Å². The number of ether oxygens (including phenoxy) is 1. The van der Waals surface area contributed by atoms with Crippen LogP contribution in [0.2, 0.25) is 0 Å². The van der Waals surface area contributed by atoms with Crippen LogP contribution in [0.3, 0.4) is 0 Å². The van der Waals surface area contributed by atoms with Crippen molar-refractivity contribution in [1.82, 2.24) is 0 Å². The fourth-order valence-electron chi connectivity index (χ4n) is 1.11. The minimum atomic E-state index is -0.0314. The van der Waals surface area contributed by atoms with Crippen LogP contribution in [-0.4, -0.2) is 12.4 Å². The molecule has 0 fully saturated rings. The SMILES string of the molecule is C=CCOc1c(Br)cc(Br)cc1C(C)=O. The third kappa shape index (κ3) is 3.18. The van der Waals surface area contributed by atoms with Gasteiger partial charge in [-0.25, -0.2) is 0 Å². The summed E-state index contributed by atoms with van der Waals surface area (Å²) in [6.45, 7) is 5.45. The van der Waals surface area contributed by atoms with Gasteiger partial charge >= 0.3 is 0 Å². The van der Waals surface area contributed by atoms with Crippen LogP contribution in [0.25, 0.3) is 0 Å². The largest absolute Gasteiger partial charge is 0.488 e. The van der Waals surface area contributed by atoms with E-state index in [2.05, 4.69) is 38.4 Å². The van der Waals surface area contributed by atoms with Gasteiger partial charge in [0, 0.05) is 4.47 Å². The van der Waals surface area contributed by atoms with E-state index in [9.17, 15) is 4.79 Å². The van der Waals surface area contributed by atoms with Crippen molar-refractivity contribution in [2.45, 2.75) is 6.92 Å². The Morgan fingerprint density at radius 1 is 1.53 bits per heavy atom. The Bertz CT molecular complexity index is 400. The Morgan fingerprint density at radius 2 is 2.20 bits per heavy atom. The van der Waals surface area contributed by atoms with Crippen molar-refractivity contribution in [2.75, 3.05) is 6.61 Å². The molecule has 1 rings (SSSR count). The molecule has 0 N–H and O–H groups in total. The highest BCUT2D eigenvalue weighted by molar-refractivity contribution is 9.11. The summed E-state index contributed by atoms with van der Waals surface area (Å²) in [5.41, 5.74) is 0.554. The van der Waals surface area contributed by atoms with Gasteiger partial charge < -0.3 is 4.74 Å². The molecule has 0 aliphatic heterocycles. The highest BCUT2D eigenvalue weighted by Crippen LogP contribution is 2.33. The van der Waals surface area contributed by atoms with Crippen LogP contribution in [0, 0.1) is 0 Å². The lowest BCUT2D eigenvalue weighted by molar-refractivity contribution is 0.101. The predicted octanol–water partition coefficient (Wildman–Crippen LogP) is 3.98. The Labute approximate surface area is 106 Å². The van der Waals surface area contributed by atoms with Gasteiger partial charge in [0.25, 0.3) is 0 Å². The molecule has 0 atom stereocenters. The van der Waals surface area contributed by atoms with E-state index >= 15 is 0 Å². The van der Waals surface area contributed by atoms with Gasteiger partial charge in [-0.3, -0.25) is 4.79 Å². The van der Waals surface area contributed by atoms with Crippen LogP contribution >= 0.6 is 31.9 Å². The van der Waals surface area contributed by atoms with Crippen LogP contribution in [0.15, 0.2) is 33.7 Å². The Morgan fingerprint density at radius 3 is 2.73 bits per heavy atom. The zero-order valence-corrected chi connectivity index (χ0v) is 11.4. The molecule has 0 bridgehead atoms. The summed E-state index contributed by atoms with van der Waals surface area (Å²) in [5, 5.41) is 0. The highest BCUT2D eigenvalue weighted by Gasteiger charge is 2.13. The van der Waals surface area contributed by atoms with Crippen LogP contribution in [0.5, 0.6) is 5.75 Å². The first-order valence-electron chi connectivity index (χ1n) is 4.30. The molecule has 0 saturated carbocycles. The summed E-state index contributed by atoms with van der Waals surface area (Å²) >= 11 is 6.68. The fraction of sp³-hybridized carbons (Fsp3) is 0.182. The lowest BCUT2D eigenvalue weighted by Crippen LogP contribution is -2.02. The van der Waals surface area contributed by atoms with E-state index in [1.807, 2.05) is 6.07 Å². The molecule has 0 unspecified atom stereocenters. The normalized spacial score (nSPS) is 9.80. The molecule has 0 saturated heterocycles. The number of benzene rings is 1. The molecular weight excluding hydrogens is 324 g/mol. The quantitative estimate of drug-likeness (QED) is 0.615. The zero-order valence-electron chi connectivity index (χ0n) is 8.22. The van der Waals surface area contributed by atoms with Crippen molar-refractivity contribution in [2.24, 2.45) is 0 Å². The number of hydrogen-bond acceptors (Lipinski definition) is 2. The van der Waals surface area contributed by atoms with E-state index in [1.165, 1.54) is 6.92 Å². The summed E-state index contributed by atoms with van der Waals surface area (Å²) in [6, 6.07) is 3.58. The smallest absolute Gasteiger partial charge is 0.163 e. The van der Waals surface area contributed by atoms with Crippen molar-refractivity contribution in [3.05, 3.63) is 39.3 Å². The molecule has 0 aliphatic carbocycles. The number of carbonyl (C=O) groups is 1. The van der Waals surface area contributed by atoms with E-state index in [0.29, 0.717) is 17.9 Å². The zero-order chi connectivity index (χ0) is 11.4. The topological polar surface area (TPSA) is 26.3 Å². The molecule has 0 radical (unpaired) electrons. The number of Topliss-reactive ketones (excluding diaryl/α,β-unsaturated/α-hetero) is 1. The first kappa shape index (κ1) is 12.5. The molecule has 1 aromatic carbocycles. The average molecular weight is 334 g/mol. The lowest BCUT2D eigenvalue weighted by atomic mass is 10.1. The van der Waals surface area contributed by atoms with Crippen LogP contribution < -0.4 is 4.74 Å². The minimum absolute atomic E-state index is 0.0314. The van der Waals surface area contributed by atoms with Crippen molar-refractivity contribution >= 4 is 37.6 Å². The summed E-state index contributed by atoms with van der Waals surface area (Å²) in [4.78, 5) is 11.4. The van der Waals surface area contributed by atoms with Gasteiger partial charge in [0.05, 0.1) is 10.0 Å². The summed E-state index contributed by atoms with van der Waals surface area (Å²) in [6.07, 6.45) is 1.64. The number of ketones is 1. The van der Waals surface area contributed by atoms with Crippen molar-refractivity contribution in [3.8, 4) is 5.75 Å². The van der Waals surface area contributed by atoms with Gasteiger partial charge in [-0.05, 0) is 35.0 Å². The lowest BCUT2D eigenvalue weighted by Gasteiger charge is -2.10. The second-order valence-electron chi connectivity index (χ2n) is 2.92. The van der Waals surface area contributed by atoms with Crippen LogP contribution in [0.4, 0.5) is 0 Å². The number of halogens is 2. The van der Waals surface area contributed by atoms with Gasteiger partial charge in [-0.1, -0.05) is 28.6 Å². The standard InChI is InChI=1S/C11H10Br2O2/c1-3-4-15-11-9(7(2)14)5-8(12)6-10(11)13/h3,5-6H,1,4H2,2H3. The average Bonchev–Trinajstić information content (AvgIpc) is 2.15. The molecule has 1 aromatic rings. The van der Waals surface area contributed by atoms with Crippen LogP contribution in [-0.2, 0) is 0 Å². The van der Waals surface area contributed by atoms with E-state index < -0.39 is 0 Å². The van der Waals surface area contributed by atoms with Gasteiger partial charge in [0.15, 0.2) is 5.78 Å². The number of hydrogen-bond donors (Lipinski definition) is 0. The van der Waals surface area contributed by atoms with E-state index in [4.69, 9.17) is 4.74 Å². The molecule has 80 valence electrons. The maximum Gasteiger partial charge on any atom is 0.163 e. The number of rotatable bonds is 4. The molecule has 0 heterocycles. The second kappa shape index (κ2) is 5.47. The minimum Gasteiger partial charge on any atom is -0.488 e. The maximum atomic E-state index is 11.4. The van der Waals surface area contributed by atoms with Gasteiger partial charge in [-0.2, -0.15) is 0 Å². The Kier molecular flexibility index (Phi) is 4.54. The van der Waals surface area contributed by atoms with Gasteiger partial charge in [0.2, 0.25) is 0 Å². The maximum absolute atomic E-state index is 11.4. The molecular formula is C11H10Br2O2. The van der Waals surface area contributed by atoms with Crippen molar-refractivity contribution < 1.29 is 9.53 Å². The summed E-state index contributed by atoms with van der Waals surface area (Å²) in [7, 11) is 0. The highest BCUT2D eigenvalue weighted by atomic mass is 79.9. The third-order valence-corrected chi connectivity index (χ3v) is 2.78. The van der Waals surface area contributed by atoms with Crippen molar-refractivity contribution in [1.29, 1.82) is 0 Å². The Hall–Kier alpha value is -0.610. The molecule has 0 spiro atoms. The molecule has 2 nitrogen and oxygen atoms in total. The third-order valence-electron chi connectivity index (χ3n) is 1.73. The molecule has 4 heteroatoms. The van der Waals surface area contributed by atoms with Crippen molar-refractivity contribution in [3.63, 3.8) is 0 Å². The van der Waals surface area contributed by atoms with E-state index in [-0.39, 0.29) is 5.78 Å². The first-order chi connectivity index (χ1) is 7.06. The summed E-state index contributed by atoms with van der Waals surface area (Å²) < 4.78 is 7.02. The predicted molar refractivity (Wildman–Crippen MR) is 67.5 cm³/mol. The number of carbonyl (C=O) groups excluding carboxylic acids is 1. The molecule has 0 aromatic heterocycles. The van der Waals surface area contributed by atoms with Crippen LogP contribution in [0.1, 0.15) is 17.3 Å². The monoisotopic (exact) mass is 332 g/mol. The second-order valence-corrected chi connectivity index (χ2v) is 4.69. The Balaban J connectivity index is 3.20. The fourth-order valence-corrected chi connectivity index (χ4v) is 2.45. The van der Waals surface area contributed by atoms with Gasteiger partial charge in [-0.15, -0.1) is 0 Å². The molecule has 0 amide bonds. The molecule has 15 heavy (non-hydrogen) atoms. The molecule has 0 aliphatic rings. The van der Waals surface area contributed by atoms with E-state index in [1.54, 1.807) is 12.1 Å². The summed E-state index contributed by atoms with van der Waals surface area (Å²) in [5.74, 6) is 0.529.